The van der Waals surface area contributed by atoms with Crippen LogP contribution in [0.5, 0.6) is 0 Å². The summed E-state index contributed by atoms with van der Waals surface area (Å²) in [5.41, 5.74) is 0. The lowest BCUT2D eigenvalue weighted by molar-refractivity contribution is -0.136. The first kappa shape index (κ1) is 15.4. The van der Waals surface area contributed by atoms with Gasteiger partial charge in [-0.2, -0.15) is 0 Å². The molecule has 0 saturated carbocycles. The summed E-state index contributed by atoms with van der Waals surface area (Å²) in [5, 5.41) is 3.30. The van der Waals surface area contributed by atoms with E-state index >= 15 is 0 Å². The van der Waals surface area contributed by atoms with Gasteiger partial charge in [-0.3, -0.25) is 4.79 Å². The molecule has 1 N–H and O–H groups in total. The van der Waals surface area contributed by atoms with Gasteiger partial charge in [0, 0.05) is 25.2 Å². The molecule has 2 atom stereocenters. The summed E-state index contributed by atoms with van der Waals surface area (Å²) in [6.45, 7) is 11.8. The number of hydrogen-bond donors (Lipinski definition) is 1. The Balaban J connectivity index is 2.43. The maximum Gasteiger partial charge on any atom is 0.239 e. The molecule has 4 nitrogen and oxygen atoms in total. The van der Waals surface area contributed by atoms with E-state index in [-0.39, 0.29) is 30.1 Å². The molecular weight excluding hydrogens is 228 g/mol. The summed E-state index contributed by atoms with van der Waals surface area (Å²) in [4.78, 5) is 14.3. The number of carbonyl (C=O) groups excluding carboxylic acids is 1. The number of hydrogen-bond acceptors (Lipinski definition) is 3. The van der Waals surface area contributed by atoms with Gasteiger partial charge < -0.3 is 15.0 Å². The third-order valence-corrected chi connectivity index (χ3v) is 3.41. The van der Waals surface area contributed by atoms with Gasteiger partial charge in [-0.15, -0.1) is 0 Å². The molecule has 1 amide bonds. The molecular formula is C14H28N2O2. The van der Waals surface area contributed by atoms with E-state index in [4.69, 9.17) is 4.74 Å². The number of rotatable bonds is 6. The third kappa shape index (κ3) is 4.25. The van der Waals surface area contributed by atoms with Crippen molar-refractivity contribution in [2.24, 2.45) is 0 Å². The van der Waals surface area contributed by atoms with Crippen molar-refractivity contribution in [1.29, 1.82) is 0 Å². The predicted molar refractivity (Wildman–Crippen MR) is 73.6 cm³/mol. The lowest BCUT2D eigenvalue weighted by atomic mass is 10.1. The molecule has 1 heterocycles. The molecule has 0 spiro atoms. The van der Waals surface area contributed by atoms with Crippen LogP contribution in [0.25, 0.3) is 0 Å². The zero-order chi connectivity index (χ0) is 13.7. The Morgan fingerprint density at radius 3 is 2.33 bits per heavy atom. The maximum atomic E-state index is 12.4. The van der Waals surface area contributed by atoms with Crippen molar-refractivity contribution in [2.75, 3.05) is 13.2 Å². The van der Waals surface area contributed by atoms with E-state index in [0.717, 1.165) is 26.0 Å². The molecule has 0 aromatic rings. The third-order valence-electron chi connectivity index (χ3n) is 3.41. The van der Waals surface area contributed by atoms with Crippen molar-refractivity contribution in [3.63, 3.8) is 0 Å². The molecule has 0 unspecified atom stereocenters. The average molecular weight is 256 g/mol. The van der Waals surface area contributed by atoms with Crippen molar-refractivity contribution in [3.05, 3.63) is 0 Å². The first-order valence-electron chi connectivity index (χ1n) is 7.10. The molecule has 0 aliphatic carbocycles. The van der Waals surface area contributed by atoms with Gasteiger partial charge in [-0.1, -0.05) is 0 Å². The lowest BCUT2D eigenvalue weighted by Gasteiger charge is -2.33. The van der Waals surface area contributed by atoms with Gasteiger partial charge in [-0.25, -0.2) is 0 Å². The molecule has 0 bridgehead atoms. The largest absolute Gasteiger partial charge is 0.377 e. The van der Waals surface area contributed by atoms with Gasteiger partial charge >= 0.3 is 0 Å². The van der Waals surface area contributed by atoms with Crippen LogP contribution in [0.2, 0.25) is 0 Å². The molecule has 0 radical (unpaired) electrons. The summed E-state index contributed by atoms with van der Waals surface area (Å²) < 4.78 is 5.55. The normalized spacial score (nSPS) is 21.6. The highest BCUT2D eigenvalue weighted by Gasteiger charge is 2.25. The standard InChI is InChI=1S/C14H28N2O2/c1-10(2)16(11(3)4)14(17)12(5)15-9-13-7-6-8-18-13/h10-13,15H,6-9H2,1-5H3/t12-,13+/m0/s1. The van der Waals surface area contributed by atoms with Crippen LogP contribution in [0.15, 0.2) is 0 Å². The Hall–Kier alpha value is -0.610. The predicted octanol–water partition coefficient (Wildman–Crippen LogP) is 1.79. The molecule has 0 aromatic heterocycles. The van der Waals surface area contributed by atoms with Crippen LogP contribution < -0.4 is 5.32 Å². The maximum absolute atomic E-state index is 12.4. The van der Waals surface area contributed by atoms with Gasteiger partial charge in [0.15, 0.2) is 0 Å². The van der Waals surface area contributed by atoms with Crippen molar-refractivity contribution in [3.8, 4) is 0 Å². The summed E-state index contributed by atoms with van der Waals surface area (Å²) in [6.07, 6.45) is 2.52. The van der Waals surface area contributed by atoms with E-state index in [1.54, 1.807) is 0 Å². The number of amides is 1. The average Bonchev–Trinajstić information content (AvgIpc) is 2.77. The molecule has 1 fully saturated rings. The second-order valence-corrected chi connectivity index (χ2v) is 5.70. The minimum absolute atomic E-state index is 0.140. The second-order valence-electron chi connectivity index (χ2n) is 5.70. The number of carbonyl (C=O) groups is 1. The SMILES string of the molecule is CC(C)N(C(=O)[C@H](C)NC[C@H]1CCCO1)C(C)C. The van der Waals surface area contributed by atoms with Crippen LogP contribution in [0.3, 0.4) is 0 Å². The highest BCUT2D eigenvalue weighted by molar-refractivity contribution is 5.82. The van der Waals surface area contributed by atoms with Gasteiger partial charge in [0.2, 0.25) is 5.91 Å². The number of ether oxygens (including phenoxy) is 1. The Bertz CT molecular complexity index is 253. The van der Waals surface area contributed by atoms with Crippen molar-refractivity contribution >= 4 is 5.91 Å². The first-order chi connectivity index (χ1) is 8.43. The molecule has 18 heavy (non-hydrogen) atoms. The van der Waals surface area contributed by atoms with Crippen LogP contribution >= 0.6 is 0 Å². The van der Waals surface area contributed by atoms with Crippen LogP contribution in [-0.4, -0.2) is 48.2 Å². The van der Waals surface area contributed by atoms with Gasteiger partial charge in [0.1, 0.15) is 0 Å². The van der Waals surface area contributed by atoms with Crippen LogP contribution in [-0.2, 0) is 9.53 Å². The Kier molecular flexibility index (Phi) is 6.09. The van der Waals surface area contributed by atoms with Gasteiger partial charge in [0.25, 0.3) is 0 Å². The molecule has 1 rings (SSSR count). The van der Waals surface area contributed by atoms with Crippen molar-refractivity contribution in [2.45, 2.75) is 71.7 Å². The zero-order valence-electron chi connectivity index (χ0n) is 12.4. The molecule has 4 heteroatoms. The fourth-order valence-corrected chi connectivity index (χ4v) is 2.53. The minimum atomic E-state index is -0.140. The van der Waals surface area contributed by atoms with Crippen LogP contribution in [0.4, 0.5) is 0 Å². The van der Waals surface area contributed by atoms with E-state index in [1.165, 1.54) is 0 Å². The molecule has 106 valence electrons. The fourth-order valence-electron chi connectivity index (χ4n) is 2.53. The Labute approximate surface area is 111 Å². The van der Waals surface area contributed by atoms with E-state index in [1.807, 2.05) is 11.8 Å². The molecule has 1 aliphatic heterocycles. The highest BCUT2D eigenvalue weighted by Crippen LogP contribution is 2.12. The quantitative estimate of drug-likeness (QED) is 0.788. The van der Waals surface area contributed by atoms with Crippen LogP contribution in [0, 0.1) is 0 Å². The Morgan fingerprint density at radius 1 is 1.28 bits per heavy atom. The number of nitrogens with one attached hydrogen (secondary N) is 1. The zero-order valence-corrected chi connectivity index (χ0v) is 12.4. The summed E-state index contributed by atoms with van der Waals surface area (Å²) in [7, 11) is 0. The molecule has 1 aliphatic rings. The van der Waals surface area contributed by atoms with E-state index in [0.29, 0.717) is 0 Å². The second kappa shape index (κ2) is 7.10. The van der Waals surface area contributed by atoms with Crippen LogP contribution in [0.1, 0.15) is 47.5 Å². The Morgan fingerprint density at radius 2 is 1.89 bits per heavy atom. The van der Waals surface area contributed by atoms with Crippen molar-refractivity contribution in [1.82, 2.24) is 10.2 Å². The highest BCUT2D eigenvalue weighted by atomic mass is 16.5. The molecule has 1 saturated heterocycles. The monoisotopic (exact) mass is 256 g/mol. The minimum Gasteiger partial charge on any atom is -0.377 e. The summed E-state index contributed by atoms with van der Waals surface area (Å²) >= 11 is 0. The van der Waals surface area contributed by atoms with E-state index < -0.39 is 0 Å². The molecule has 0 aromatic carbocycles. The van der Waals surface area contributed by atoms with Gasteiger partial charge in [0.05, 0.1) is 12.1 Å². The smallest absolute Gasteiger partial charge is 0.239 e. The van der Waals surface area contributed by atoms with Gasteiger partial charge in [-0.05, 0) is 47.5 Å². The summed E-state index contributed by atoms with van der Waals surface area (Å²) in [6, 6.07) is 0.341. The lowest BCUT2D eigenvalue weighted by Crippen LogP contribution is -2.51. The van der Waals surface area contributed by atoms with Crippen molar-refractivity contribution < 1.29 is 9.53 Å². The topological polar surface area (TPSA) is 41.6 Å². The first-order valence-corrected chi connectivity index (χ1v) is 7.10. The fraction of sp³-hybridized carbons (Fsp3) is 0.929. The van der Waals surface area contributed by atoms with E-state index in [2.05, 4.69) is 33.0 Å². The van der Waals surface area contributed by atoms with E-state index in [9.17, 15) is 4.79 Å². The summed E-state index contributed by atoms with van der Waals surface area (Å²) in [5.74, 6) is 0.179. The number of nitrogens with zero attached hydrogens (tertiary/aromatic N) is 1.